The first-order valence-electron chi connectivity index (χ1n) is 4.43. The first-order chi connectivity index (χ1) is 6.43. The molecule has 0 spiro atoms. The standard InChI is InChI=1S/C9H16N4S/c1-9(2,3)7-11-6(5-14-4)12-8(10)13-7/h5H2,1-4H3,(H2,10,11,12,13). The molecule has 0 saturated carbocycles. The van der Waals surface area contributed by atoms with Gasteiger partial charge in [0.2, 0.25) is 5.95 Å². The van der Waals surface area contributed by atoms with Crippen molar-refractivity contribution in [3.63, 3.8) is 0 Å². The van der Waals surface area contributed by atoms with Gasteiger partial charge in [-0.3, -0.25) is 0 Å². The van der Waals surface area contributed by atoms with E-state index in [-0.39, 0.29) is 5.41 Å². The number of hydrogen-bond donors (Lipinski definition) is 1. The maximum atomic E-state index is 5.61. The Hall–Kier alpha value is -0.840. The molecule has 1 aromatic rings. The van der Waals surface area contributed by atoms with Crippen LogP contribution in [0.3, 0.4) is 0 Å². The van der Waals surface area contributed by atoms with Gasteiger partial charge < -0.3 is 5.73 Å². The van der Waals surface area contributed by atoms with Crippen molar-refractivity contribution in [2.24, 2.45) is 0 Å². The fourth-order valence-corrected chi connectivity index (χ4v) is 1.35. The fraction of sp³-hybridized carbons (Fsp3) is 0.667. The van der Waals surface area contributed by atoms with Gasteiger partial charge in [-0.05, 0) is 6.26 Å². The first kappa shape index (κ1) is 11.2. The van der Waals surface area contributed by atoms with E-state index >= 15 is 0 Å². The minimum atomic E-state index is -0.0791. The molecule has 5 heteroatoms. The molecule has 14 heavy (non-hydrogen) atoms. The SMILES string of the molecule is CSCc1nc(N)nc(C(C)(C)C)n1. The maximum Gasteiger partial charge on any atom is 0.223 e. The van der Waals surface area contributed by atoms with Gasteiger partial charge in [0, 0.05) is 5.41 Å². The highest BCUT2D eigenvalue weighted by Crippen LogP contribution is 2.19. The van der Waals surface area contributed by atoms with Gasteiger partial charge >= 0.3 is 0 Å². The van der Waals surface area contributed by atoms with Crippen LogP contribution in [0.25, 0.3) is 0 Å². The van der Waals surface area contributed by atoms with Crippen LogP contribution in [0.15, 0.2) is 0 Å². The zero-order valence-electron chi connectivity index (χ0n) is 9.03. The van der Waals surface area contributed by atoms with Crippen molar-refractivity contribution in [3.05, 3.63) is 11.6 Å². The number of nitrogens with zero attached hydrogens (tertiary/aromatic N) is 3. The van der Waals surface area contributed by atoms with Crippen molar-refractivity contribution in [2.75, 3.05) is 12.0 Å². The summed E-state index contributed by atoms with van der Waals surface area (Å²) in [4.78, 5) is 12.6. The number of thioether (sulfide) groups is 1. The molecule has 1 rings (SSSR count). The second kappa shape index (κ2) is 4.13. The van der Waals surface area contributed by atoms with E-state index in [1.807, 2.05) is 6.26 Å². The predicted molar refractivity (Wildman–Crippen MR) is 60.2 cm³/mol. The van der Waals surface area contributed by atoms with E-state index in [1.165, 1.54) is 0 Å². The van der Waals surface area contributed by atoms with Gasteiger partial charge in [0.1, 0.15) is 11.6 Å². The molecular weight excluding hydrogens is 196 g/mol. The maximum absolute atomic E-state index is 5.61. The second-order valence-electron chi connectivity index (χ2n) is 4.12. The number of aromatic nitrogens is 3. The second-order valence-corrected chi connectivity index (χ2v) is 4.98. The van der Waals surface area contributed by atoms with E-state index in [0.717, 1.165) is 17.4 Å². The van der Waals surface area contributed by atoms with Crippen molar-refractivity contribution in [1.29, 1.82) is 0 Å². The van der Waals surface area contributed by atoms with Crippen molar-refractivity contribution in [2.45, 2.75) is 31.9 Å². The Kier molecular flexibility index (Phi) is 3.31. The average molecular weight is 212 g/mol. The summed E-state index contributed by atoms with van der Waals surface area (Å²) < 4.78 is 0. The van der Waals surface area contributed by atoms with Crippen LogP contribution >= 0.6 is 11.8 Å². The lowest BCUT2D eigenvalue weighted by Gasteiger charge is -2.16. The largest absolute Gasteiger partial charge is 0.368 e. The summed E-state index contributed by atoms with van der Waals surface area (Å²) in [5, 5.41) is 0. The summed E-state index contributed by atoms with van der Waals surface area (Å²) in [6.07, 6.45) is 2.01. The normalized spacial score (nSPS) is 11.7. The molecule has 0 aromatic carbocycles. The highest BCUT2D eigenvalue weighted by atomic mass is 32.2. The van der Waals surface area contributed by atoms with Crippen LogP contribution in [0.2, 0.25) is 0 Å². The van der Waals surface area contributed by atoms with Gasteiger partial charge in [-0.25, -0.2) is 4.98 Å². The van der Waals surface area contributed by atoms with Crippen LogP contribution in [0, 0.1) is 0 Å². The van der Waals surface area contributed by atoms with Gasteiger partial charge in [-0.2, -0.15) is 21.7 Å². The molecule has 0 fully saturated rings. The molecule has 78 valence electrons. The van der Waals surface area contributed by atoms with Crippen LogP contribution in [-0.4, -0.2) is 21.2 Å². The van der Waals surface area contributed by atoms with E-state index in [0.29, 0.717) is 5.95 Å². The van der Waals surface area contributed by atoms with Crippen LogP contribution in [0.4, 0.5) is 5.95 Å². The number of anilines is 1. The monoisotopic (exact) mass is 212 g/mol. The van der Waals surface area contributed by atoms with Crippen molar-refractivity contribution >= 4 is 17.7 Å². The Balaban J connectivity index is 3.07. The lowest BCUT2D eigenvalue weighted by molar-refractivity contribution is 0.539. The summed E-state index contributed by atoms with van der Waals surface area (Å²) in [5.74, 6) is 2.61. The number of hydrogen-bond acceptors (Lipinski definition) is 5. The molecule has 0 saturated heterocycles. The third-order valence-electron chi connectivity index (χ3n) is 1.64. The molecular formula is C9H16N4S. The smallest absolute Gasteiger partial charge is 0.223 e. The number of nitrogens with two attached hydrogens (primary N) is 1. The molecule has 0 radical (unpaired) electrons. The molecule has 0 aliphatic rings. The molecule has 0 aliphatic carbocycles. The molecule has 0 bridgehead atoms. The highest BCUT2D eigenvalue weighted by Gasteiger charge is 2.18. The van der Waals surface area contributed by atoms with Crippen LogP contribution in [-0.2, 0) is 11.2 Å². The zero-order valence-corrected chi connectivity index (χ0v) is 9.85. The fourth-order valence-electron chi connectivity index (χ4n) is 0.967. The molecule has 1 aromatic heterocycles. The van der Waals surface area contributed by atoms with Crippen LogP contribution < -0.4 is 5.73 Å². The topological polar surface area (TPSA) is 64.7 Å². The average Bonchev–Trinajstić information content (AvgIpc) is 2.02. The molecule has 0 aliphatic heterocycles. The lowest BCUT2D eigenvalue weighted by Crippen LogP contribution is -2.19. The van der Waals surface area contributed by atoms with Gasteiger partial charge in [-0.1, -0.05) is 20.8 Å². The summed E-state index contributed by atoms with van der Waals surface area (Å²) in [5.41, 5.74) is 5.54. The van der Waals surface area contributed by atoms with Crippen LogP contribution in [0.5, 0.6) is 0 Å². The Morgan fingerprint density at radius 1 is 1.21 bits per heavy atom. The van der Waals surface area contributed by atoms with Gasteiger partial charge in [0.05, 0.1) is 5.75 Å². The number of rotatable bonds is 2. The van der Waals surface area contributed by atoms with Gasteiger partial charge in [0.15, 0.2) is 0 Å². The zero-order chi connectivity index (χ0) is 10.8. The summed E-state index contributed by atoms with van der Waals surface area (Å²) >= 11 is 1.67. The minimum absolute atomic E-state index is 0.0791. The third kappa shape index (κ3) is 2.83. The van der Waals surface area contributed by atoms with Crippen molar-refractivity contribution in [1.82, 2.24) is 15.0 Å². The van der Waals surface area contributed by atoms with Gasteiger partial charge in [0.25, 0.3) is 0 Å². The Morgan fingerprint density at radius 3 is 2.36 bits per heavy atom. The van der Waals surface area contributed by atoms with E-state index < -0.39 is 0 Å². The molecule has 0 amide bonds. The molecule has 4 nitrogen and oxygen atoms in total. The lowest BCUT2D eigenvalue weighted by atomic mass is 9.96. The molecule has 0 unspecified atom stereocenters. The van der Waals surface area contributed by atoms with Crippen molar-refractivity contribution in [3.8, 4) is 0 Å². The predicted octanol–water partition coefficient (Wildman–Crippen LogP) is 1.61. The van der Waals surface area contributed by atoms with E-state index in [2.05, 4.69) is 35.7 Å². The Bertz CT molecular complexity index is 319. The Morgan fingerprint density at radius 2 is 1.86 bits per heavy atom. The van der Waals surface area contributed by atoms with E-state index in [4.69, 9.17) is 5.73 Å². The third-order valence-corrected chi connectivity index (χ3v) is 2.19. The molecule has 2 N–H and O–H groups in total. The summed E-state index contributed by atoms with van der Waals surface area (Å²) in [6, 6.07) is 0. The minimum Gasteiger partial charge on any atom is -0.368 e. The summed E-state index contributed by atoms with van der Waals surface area (Å²) in [6.45, 7) is 6.18. The first-order valence-corrected chi connectivity index (χ1v) is 5.82. The van der Waals surface area contributed by atoms with Crippen molar-refractivity contribution < 1.29 is 0 Å². The summed E-state index contributed by atoms with van der Waals surface area (Å²) in [7, 11) is 0. The van der Waals surface area contributed by atoms with E-state index in [1.54, 1.807) is 11.8 Å². The molecule has 0 atom stereocenters. The quantitative estimate of drug-likeness (QED) is 0.807. The van der Waals surface area contributed by atoms with E-state index in [9.17, 15) is 0 Å². The van der Waals surface area contributed by atoms with Crippen LogP contribution in [0.1, 0.15) is 32.4 Å². The number of nitrogen functional groups attached to an aromatic ring is 1. The highest BCUT2D eigenvalue weighted by molar-refractivity contribution is 7.97. The van der Waals surface area contributed by atoms with Gasteiger partial charge in [-0.15, -0.1) is 0 Å². The Labute approximate surface area is 88.7 Å². The molecule has 1 heterocycles.